The molecule has 0 heterocycles. The first-order chi connectivity index (χ1) is 15.6. The Hall–Kier alpha value is -0.0400. The standard InChI is InChI=1S/C31H55N/c1-4-8-30(28-19-29(20-28)32-22(3)15-21(2)24-11-6-12-24)26-17-27(18-26)31(25-13-7-14-25)16-23-9-5-10-23/h21-32H,4-20H2,1-3H3. The lowest BCUT2D eigenvalue weighted by Crippen LogP contribution is -2.50. The van der Waals surface area contributed by atoms with Gasteiger partial charge in [0, 0.05) is 12.1 Å². The topological polar surface area (TPSA) is 12.0 Å². The summed E-state index contributed by atoms with van der Waals surface area (Å²) in [5, 5.41) is 4.04. The van der Waals surface area contributed by atoms with Crippen molar-refractivity contribution in [3.63, 3.8) is 0 Å². The Labute approximate surface area is 200 Å². The molecule has 184 valence electrons. The van der Waals surface area contributed by atoms with E-state index in [9.17, 15) is 0 Å². The molecule has 1 N–H and O–H groups in total. The van der Waals surface area contributed by atoms with E-state index in [0.29, 0.717) is 0 Å². The van der Waals surface area contributed by atoms with Crippen LogP contribution >= 0.6 is 0 Å². The van der Waals surface area contributed by atoms with Gasteiger partial charge in [0.2, 0.25) is 0 Å². The van der Waals surface area contributed by atoms with Crippen LogP contribution < -0.4 is 5.32 Å². The van der Waals surface area contributed by atoms with Gasteiger partial charge in [0.15, 0.2) is 0 Å². The lowest BCUT2D eigenvalue weighted by molar-refractivity contribution is -0.0251. The fourth-order valence-electron chi connectivity index (χ4n) is 8.73. The third-order valence-electron chi connectivity index (χ3n) is 11.6. The molecule has 0 amide bonds. The second-order valence-corrected chi connectivity index (χ2v) is 13.7. The van der Waals surface area contributed by atoms with E-state index in [1.54, 1.807) is 44.9 Å². The second kappa shape index (κ2) is 10.7. The van der Waals surface area contributed by atoms with E-state index in [2.05, 4.69) is 26.1 Å². The zero-order valence-corrected chi connectivity index (χ0v) is 21.9. The molecule has 0 aromatic rings. The molecule has 0 radical (unpaired) electrons. The van der Waals surface area contributed by atoms with E-state index >= 15 is 0 Å². The van der Waals surface area contributed by atoms with Crippen molar-refractivity contribution in [2.75, 3.05) is 0 Å². The van der Waals surface area contributed by atoms with Gasteiger partial charge in [-0.3, -0.25) is 0 Å². The molecular weight excluding hydrogens is 386 g/mol. The lowest BCUT2D eigenvalue weighted by Gasteiger charge is -2.53. The molecule has 5 saturated carbocycles. The Morgan fingerprint density at radius 1 is 0.688 bits per heavy atom. The molecule has 5 aliphatic carbocycles. The average molecular weight is 442 g/mol. The minimum Gasteiger partial charge on any atom is -0.311 e. The van der Waals surface area contributed by atoms with Crippen molar-refractivity contribution in [1.82, 2.24) is 5.32 Å². The van der Waals surface area contributed by atoms with Gasteiger partial charge >= 0.3 is 0 Å². The maximum absolute atomic E-state index is 4.04. The normalized spacial score (nSPS) is 37.2. The van der Waals surface area contributed by atoms with Crippen molar-refractivity contribution in [2.45, 2.75) is 142 Å². The van der Waals surface area contributed by atoms with Crippen LogP contribution in [0.15, 0.2) is 0 Å². The first-order valence-electron chi connectivity index (χ1n) is 15.4. The summed E-state index contributed by atoms with van der Waals surface area (Å²) in [4.78, 5) is 0. The van der Waals surface area contributed by atoms with Gasteiger partial charge in [-0.1, -0.05) is 84.5 Å². The predicted octanol–water partition coefficient (Wildman–Crippen LogP) is 8.62. The van der Waals surface area contributed by atoms with Gasteiger partial charge in [-0.05, 0) is 98.7 Å². The summed E-state index contributed by atoms with van der Waals surface area (Å²) in [6.07, 6.45) is 26.0. The van der Waals surface area contributed by atoms with Crippen LogP contribution in [0.1, 0.15) is 130 Å². The molecular formula is C31H55N. The molecule has 5 rings (SSSR count). The van der Waals surface area contributed by atoms with Gasteiger partial charge in [0.1, 0.15) is 0 Å². The molecule has 0 aliphatic heterocycles. The monoisotopic (exact) mass is 441 g/mol. The van der Waals surface area contributed by atoms with E-state index in [4.69, 9.17) is 0 Å². The van der Waals surface area contributed by atoms with Crippen molar-refractivity contribution in [1.29, 1.82) is 0 Å². The summed E-state index contributed by atoms with van der Waals surface area (Å²) in [5.41, 5.74) is 0. The smallest absolute Gasteiger partial charge is 0.00750 e. The fraction of sp³-hybridized carbons (Fsp3) is 1.00. The van der Waals surface area contributed by atoms with E-state index in [0.717, 1.165) is 65.3 Å². The average Bonchev–Trinajstić information content (AvgIpc) is 2.55. The second-order valence-electron chi connectivity index (χ2n) is 13.7. The summed E-state index contributed by atoms with van der Waals surface area (Å²) < 4.78 is 0. The number of hydrogen-bond donors (Lipinski definition) is 1. The highest BCUT2D eigenvalue weighted by atomic mass is 15.0. The summed E-state index contributed by atoms with van der Waals surface area (Å²) in [5.74, 6) is 9.67. The summed E-state index contributed by atoms with van der Waals surface area (Å²) in [6, 6.07) is 1.56. The quantitative estimate of drug-likeness (QED) is 0.301. The van der Waals surface area contributed by atoms with Crippen LogP contribution in [0.25, 0.3) is 0 Å². The maximum atomic E-state index is 4.04. The SMILES string of the molecule is CCCC(C1CC(NC(C)CC(C)C2CCC2)C1)C1CC(C(CC2CCC2)C2CCC2)C1. The lowest BCUT2D eigenvalue weighted by atomic mass is 9.53. The molecule has 0 aromatic carbocycles. The van der Waals surface area contributed by atoms with Crippen molar-refractivity contribution in [2.24, 2.45) is 53.3 Å². The van der Waals surface area contributed by atoms with Crippen molar-refractivity contribution >= 4 is 0 Å². The molecule has 0 aromatic heterocycles. The van der Waals surface area contributed by atoms with Crippen molar-refractivity contribution < 1.29 is 0 Å². The zero-order chi connectivity index (χ0) is 22.1. The Kier molecular flexibility index (Phi) is 7.92. The highest BCUT2D eigenvalue weighted by molar-refractivity contribution is 4.98. The summed E-state index contributed by atoms with van der Waals surface area (Å²) in [6.45, 7) is 7.41. The largest absolute Gasteiger partial charge is 0.311 e. The van der Waals surface area contributed by atoms with Gasteiger partial charge < -0.3 is 5.32 Å². The maximum Gasteiger partial charge on any atom is 0.00750 e. The van der Waals surface area contributed by atoms with Crippen LogP contribution in [0.2, 0.25) is 0 Å². The van der Waals surface area contributed by atoms with Gasteiger partial charge in [-0.15, -0.1) is 0 Å². The molecule has 0 bridgehead atoms. The summed E-state index contributed by atoms with van der Waals surface area (Å²) >= 11 is 0. The first kappa shape index (κ1) is 23.7. The van der Waals surface area contributed by atoms with E-state index in [-0.39, 0.29) is 0 Å². The van der Waals surface area contributed by atoms with E-state index in [1.165, 1.54) is 64.2 Å². The van der Waals surface area contributed by atoms with Gasteiger partial charge in [0.05, 0.1) is 0 Å². The van der Waals surface area contributed by atoms with Crippen LogP contribution in [0.3, 0.4) is 0 Å². The third-order valence-corrected chi connectivity index (χ3v) is 11.6. The Morgan fingerprint density at radius 3 is 1.81 bits per heavy atom. The number of rotatable bonds is 13. The minimum atomic E-state index is 0.726. The van der Waals surface area contributed by atoms with Crippen LogP contribution in [0.5, 0.6) is 0 Å². The van der Waals surface area contributed by atoms with Gasteiger partial charge in [0.25, 0.3) is 0 Å². The Balaban J connectivity index is 1.05. The number of hydrogen-bond acceptors (Lipinski definition) is 1. The molecule has 5 fully saturated rings. The molecule has 1 nitrogen and oxygen atoms in total. The Bertz CT molecular complexity index is 561. The molecule has 0 spiro atoms. The van der Waals surface area contributed by atoms with Gasteiger partial charge in [-0.2, -0.15) is 0 Å². The van der Waals surface area contributed by atoms with Crippen LogP contribution in [0.4, 0.5) is 0 Å². The molecule has 5 aliphatic rings. The van der Waals surface area contributed by atoms with Gasteiger partial charge in [-0.25, -0.2) is 0 Å². The fourth-order valence-corrected chi connectivity index (χ4v) is 8.73. The van der Waals surface area contributed by atoms with E-state index in [1.807, 2.05) is 0 Å². The van der Waals surface area contributed by atoms with Crippen molar-refractivity contribution in [3.8, 4) is 0 Å². The molecule has 32 heavy (non-hydrogen) atoms. The number of nitrogens with one attached hydrogen (secondary N) is 1. The highest BCUT2D eigenvalue weighted by Gasteiger charge is 2.47. The molecule has 4 atom stereocenters. The first-order valence-corrected chi connectivity index (χ1v) is 15.4. The van der Waals surface area contributed by atoms with Crippen LogP contribution in [-0.4, -0.2) is 12.1 Å². The highest BCUT2D eigenvalue weighted by Crippen LogP contribution is 2.55. The third kappa shape index (κ3) is 5.28. The van der Waals surface area contributed by atoms with Crippen LogP contribution in [0, 0.1) is 53.3 Å². The Morgan fingerprint density at radius 2 is 1.28 bits per heavy atom. The summed E-state index contributed by atoms with van der Waals surface area (Å²) in [7, 11) is 0. The van der Waals surface area contributed by atoms with Crippen molar-refractivity contribution in [3.05, 3.63) is 0 Å². The zero-order valence-electron chi connectivity index (χ0n) is 21.9. The minimum absolute atomic E-state index is 0.726. The molecule has 0 saturated heterocycles. The molecule has 1 heteroatoms. The van der Waals surface area contributed by atoms with E-state index < -0.39 is 0 Å². The van der Waals surface area contributed by atoms with Crippen LogP contribution in [-0.2, 0) is 0 Å². The molecule has 4 unspecified atom stereocenters. The predicted molar refractivity (Wildman–Crippen MR) is 138 cm³/mol.